The second-order valence-electron chi connectivity index (χ2n) is 8.53. The molecule has 0 unspecified atom stereocenters. The van der Waals surface area contributed by atoms with E-state index in [0.717, 1.165) is 19.6 Å². The van der Waals surface area contributed by atoms with Gasteiger partial charge >= 0.3 is 0 Å². The van der Waals surface area contributed by atoms with Crippen molar-refractivity contribution in [3.05, 3.63) is 94.9 Å². The maximum absolute atomic E-state index is 3.66. The summed E-state index contributed by atoms with van der Waals surface area (Å²) in [5.41, 5.74) is 8.92. The van der Waals surface area contributed by atoms with E-state index in [0.29, 0.717) is 0 Å². The number of aryl methyl sites for hydroxylation is 1. The van der Waals surface area contributed by atoms with Crippen molar-refractivity contribution in [2.24, 2.45) is 0 Å². The molecule has 0 atom stereocenters. The predicted octanol–water partition coefficient (Wildman–Crippen LogP) is 5.03. The van der Waals surface area contributed by atoms with Crippen molar-refractivity contribution in [3.63, 3.8) is 0 Å². The van der Waals surface area contributed by atoms with Gasteiger partial charge in [-0.15, -0.1) is 0 Å². The van der Waals surface area contributed by atoms with Crippen LogP contribution in [-0.4, -0.2) is 23.0 Å². The molecule has 2 aromatic carbocycles. The first kappa shape index (κ1) is 19.0. The molecule has 1 fully saturated rings. The molecule has 3 aromatic rings. The van der Waals surface area contributed by atoms with E-state index in [1.165, 1.54) is 65.3 Å². The molecule has 4 nitrogen and oxygen atoms in total. The minimum atomic E-state index is 0.820. The Hall–Kier alpha value is -2.98. The molecule has 0 radical (unpaired) electrons. The van der Waals surface area contributed by atoms with Crippen LogP contribution in [0.5, 0.6) is 0 Å². The standard InChI is InChI=1S/C26H30N4/c1-20-5-4-6-22(15-20)16-28-26-19-30(18-25-24(26)11-12-27-25)23-9-7-21(8-10-23)17-29-13-2-3-14-29/h4-12,15,19,27-28H,2-3,13-14,16-18H2,1H3. The zero-order valence-corrected chi connectivity index (χ0v) is 17.7. The van der Waals surface area contributed by atoms with Gasteiger partial charge in [0.2, 0.25) is 0 Å². The van der Waals surface area contributed by atoms with Crippen LogP contribution in [0.25, 0.3) is 5.70 Å². The van der Waals surface area contributed by atoms with Crippen LogP contribution in [0, 0.1) is 6.92 Å². The van der Waals surface area contributed by atoms with Crippen molar-refractivity contribution in [2.45, 2.75) is 39.4 Å². The lowest BCUT2D eigenvalue weighted by atomic mass is 10.1. The summed E-state index contributed by atoms with van der Waals surface area (Å²) >= 11 is 0. The van der Waals surface area contributed by atoms with Gasteiger partial charge in [-0.2, -0.15) is 0 Å². The quantitative estimate of drug-likeness (QED) is 0.611. The first-order valence-electron chi connectivity index (χ1n) is 11.0. The Bertz CT molecular complexity index is 1030. The molecule has 4 heteroatoms. The van der Waals surface area contributed by atoms with Gasteiger partial charge in [0.1, 0.15) is 0 Å². The van der Waals surface area contributed by atoms with Crippen molar-refractivity contribution in [1.82, 2.24) is 15.2 Å². The van der Waals surface area contributed by atoms with Crippen LogP contribution < -0.4 is 10.2 Å². The van der Waals surface area contributed by atoms with Crippen LogP contribution in [0.4, 0.5) is 5.69 Å². The summed E-state index contributed by atoms with van der Waals surface area (Å²) in [7, 11) is 0. The Morgan fingerprint density at radius 3 is 2.60 bits per heavy atom. The SMILES string of the molecule is Cc1cccc(CNC2=CN(c3ccc(CN4CCCC4)cc3)Cc3[nH]ccc32)c1. The molecule has 2 aliphatic rings. The summed E-state index contributed by atoms with van der Waals surface area (Å²) in [6, 6.07) is 19.9. The van der Waals surface area contributed by atoms with Gasteiger partial charge < -0.3 is 15.2 Å². The highest BCUT2D eigenvalue weighted by atomic mass is 15.2. The molecule has 0 aliphatic carbocycles. The fraction of sp³-hybridized carbons (Fsp3) is 0.308. The summed E-state index contributed by atoms with van der Waals surface area (Å²) in [6.45, 7) is 7.37. The Kier molecular flexibility index (Phi) is 5.33. The number of anilines is 1. The number of H-pyrrole nitrogens is 1. The smallest absolute Gasteiger partial charge is 0.0634 e. The fourth-order valence-electron chi connectivity index (χ4n) is 4.55. The molecule has 0 spiro atoms. The molecule has 3 heterocycles. The van der Waals surface area contributed by atoms with Gasteiger partial charge in [-0.3, -0.25) is 4.90 Å². The molecule has 1 saturated heterocycles. The summed E-state index contributed by atoms with van der Waals surface area (Å²) in [5, 5.41) is 3.66. The lowest BCUT2D eigenvalue weighted by Crippen LogP contribution is -2.25. The second-order valence-corrected chi connectivity index (χ2v) is 8.53. The molecular formula is C26H30N4. The minimum Gasteiger partial charge on any atom is -0.379 e. The molecule has 154 valence electrons. The highest BCUT2D eigenvalue weighted by molar-refractivity contribution is 5.72. The number of nitrogens with one attached hydrogen (secondary N) is 2. The molecule has 0 bridgehead atoms. The summed E-state index contributed by atoms with van der Waals surface area (Å²) < 4.78 is 0. The number of likely N-dealkylation sites (tertiary alicyclic amines) is 1. The molecule has 30 heavy (non-hydrogen) atoms. The maximum Gasteiger partial charge on any atom is 0.0634 e. The number of hydrogen-bond donors (Lipinski definition) is 2. The van der Waals surface area contributed by atoms with Gasteiger partial charge in [-0.1, -0.05) is 42.0 Å². The number of aromatic amines is 1. The topological polar surface area (TPSA) is 34.3 Å². The third kappa shape index (κ3) is 4.14. The van der Waals surface area contributed by atoms with Gasteiger partial charge in [0.05, 0.1) is 12.2 Å². The summed E-state index contributed by atoms with van der Waals surface area (Å²) in [4.78, 5) is 8.31. The van der Waals surface area contributed by atoms with Crippen LogP contribution in [-0.2, 0) is 19.6 Å². The Balaban J connectivity index is 1.32. The number of aromatic nitrogens is 1. The average Bonchev–Trinajstić information content (AvgIpc) is 3.44. The lowest BCUT2D eigenvalue weighted by Gasteiger charge is -2.28. The van der Waals surface area contributed by atoms with Crippen LogP contribution in [0.2, 0.25) is 0 Å². The molecule has 0 saturated carbocycles. The molecule has 2 aliphatic heterocycles. The zero-order chi connectivity index (χ0) is 20.3. The van der Waals surface area contributed by atoms with E-state index in [2.05, 4.69) is 87.8 Å². The van der Waals surface area contributed by atoms with E-state index >= 15 is 0 Å². The van der Waals surface area contributed by atoms with Gasteiger partial charge in [-0.25, -0.2) is 0 Å². The van der Waals surface area contributed by atoms with Gasteiger partial charge in [0.25, 0.3) is 0 Å². The van der Waals surface area contributed by atoms with Gasteiger partial charge in [0, 0.05) is 42.4 Å². The van der Waals surface area contributed by atoms with E-state index in [-0.39, 0.29) is 0 Å². The molecule has 5 rings (SSSR count). The van der Waals surface area contributed by atoms with Crippen LogP contribution in [0.3, 0.4) is 0 Å². The Labute approximate surface area is 179 Å². The molecule has 1 aromatic heterocycles. The number of fused-ring (bicyclic) bond motifs is 1. The monoisotopic (exact) mass is 398 g/mol. The fourth-order valence-corrected chi connectivity index (χ4v) is 4.55. The maximum atomic E-state index is 3.66. The van der Waals surface area contributed by atoms with Gasteiger partial charge in [0.15, 0.2) is 0 Å². The summed E-state index contributed by atoms with van der Waals surface area (Å²) in [6.07, 6.45) is 6.97. The minimum absolute atomic E-state index is 0.820. The Morgan fingerprint density at radius 1 is 0.967 bits per heavy atom. The lowest BCUT2D eigenvalue weighted by molar-refractivity contribution is 0.331. The molecule has 2 N–H and O–H groups in total. The van der Waals surface area contributed by atoms with Crippen molar-refractivity contribution < 1.29 is 0 Å². The van der Waals surface area contributed by atoms with Crippen molar-refractivity contribution in [3.8, 4) is 0 Å². The van der Waals surface area contributed by atoms with Crippen molar-refractivity contribution >= 4 is 11.4 Å². The van der Waals surface area contributed by atoms with E-state index in [1.54, 1.807) is 0 Å². The van der Waals surface area contributed by atoms with E-state index in [9.17, 15) is 0 Å². The van der Waals surface area contributed by atoms with Crippen molar-refractivity contribution in [2.75, 3.05) is 18.0 Å². The number of nitrogens with zero attached hydrogens (tertiary/aromatic N) is 2. The third-order valence-corrected chi connectivity index (χ3v) is 6.17. The zero-order valence-electron chi connectivity index (χ0n) is 17.7. The summed E-state index contributed by atoms with van der Waals surface area (Å²) in [5.74, 6) is 0. The molecular weight excluding hydrogens is 368 g/mol. The predicted molar refractivity (Wildman–Crippen MR) is 124 cm³/mol. The normalized spacial score (nSPS) is 16.4. The van der Waals surface area contributed by atoms with Crippen LogP contribution in [0.1, 0.15) is 40.8 Å². The number of benzene rings is 2. The van der Waals surface area contributed by atoms with Crippen molar-refractivity contribution in [1.29, 1.82) is 0 Å². The Morgan fingerprint density at radius 2 is 1.80 bits per heavy atom. The van der Waals surface area contributed by atoms with Crippen LogP contribution >= 0.6 is 0 Å². The van der Waals surface area contributed by atoms with E-state index in [1.807, 2.05) is 6.20 Å². The number of hydrogen-bond acceptors (Lipinski definition) is 3. The highest BCUT2D eigenvalue weighted by Gasteiger charge is 2.19. The average molecular weight is 399 g/mol. The second kappa shape index (κ2) is 8.41. The van der Waals surface area contributed by atoms with E-state index in [4.69, 9.17) is 0 Å². The van der Waals surface area contributed by atoms with Gasteiger partial charge in [-0.05, 0) is 62.2 Å². The molecule has 0 amide bonds. The first-order valence-corrected chi connectivity index (χ1v) is 11.0. The third-order valence-electron chi connectivity index (χ3n) is 6.17. The number of rotatable bonds is 6. The van der Waals surface area contributed by atoms with E-state index < -0.39 is 0 Å². The highest BCUT2D eigenvalue weighted by Crippen LogP contribution is 2.29. The van der Waals surface area contributed by atoms with Crippen LogP contribution in [0.15, 0.2) is 67.0 Å². The largest absolute Gasteiger partial charge is 0.379 e. The first-order chi connectivity index (χ1) is 14.7.